The molecule has 2 nitrogen and oxygen atoms in total. The number of hydrogen-bond acceptors (Lipinski definition) is 2. The highest BCUT2D eigenvalue weighted by molar-refractivity contribution is 6.18. The predicted octanol–water partition coefficient (Wildman–Crippen LogP) is 0.682. The molecule has 1 rings (SSSR count). The third-order valence-corrected chi connectivity index (χ3v) is 2.10. The lowest BCUT2D eigenvalue weighted by atomic mass is 10.1. The molecule has 60 valence electrons. The van der Waals surface area contributed by atoms with Crippen molar-refractivity contribution in [3.63, 3.8) is 0 Å². The minimum atomic E-state index is -0.466. The Kier molecular flexibility index (Phi) is 2.55. The highest BCUT2D eigenvalue weighted by Gasteiger charge is 2.30. The number of hydrogen-bond donors (Lipinski definition) is 1. The van der Waals surface area contributed by atoms with Gasteiger partial charge in [0.15, 0.2) is 0 Å². The van der Waals surface area contributed by atoms with E-state index in [9.17, 15) is 5.11 Å². The van der Waals surface area contributed by atoms with E-state index in [1.807, 2.05) is 6.92 Å². The summed E-state index contributed by atoms with van der Waals surface area (Å²) in [5, 5.41) is 9.51. The van der Waals surface area contributed by atoms with Crippen molar-refractivity contribution in [2.45, 2.75) is 18.9 Å². The normalized spacial score (nSPS) is 35.1. The summed E-state index contributed by atoms with van der Waals surface area (Å²) in [7, 11) is 0. The van der Waals surface area contributed by atoms with Crippen molar-refractivity contribution in [3.05, 3.63) is 0 Å². The Bertz CT molecular complexity index is 116. The van der Waals surface area contributed by atoms with Gasteiger partial charge in [0, 0.05) is 25.5 Å². The van der Waals surface area contributed by atoms with E-state index in [0.717, 1.165) is 26.1 Å². The zero-order chi connectivity index (χ0) is 7.61. The van der Waals surface area contributed by atoms with Gasteiger partial charge in [-0.1, -0.05) is 0 Å². The molecule has 0 aromatic rings. The van der Waals surface area contributed by atoms with Crippen LogP contribution in [0, 0.1) is 0 Å². The van der Waals surface area contributed by atoms with Gasteiger partial charge in [-0.15, -0.1) is 11.6 Å². The minimum absolute atomic E-state index is 0.466. The number of alkyl halides is 1. The Balaban J connectivity index is 2.29. The fourth-order valence-electron chi connectivity index (χ4n) is 1.35. The molecule has 0 aliphatic carbocycles. The van der Waals surface area contributed by atoms with Crippen molar-refractivity contribution in [2.75, 3.05) is 25.5 Å². The number of nitrogens with zero attached hydrogens (tertiary/aromatic N) is 1. The molecular weight excluding hydrogens is 150 g/mol. The summed E-state index contributed by atoms with van der Waals surface area (Å²) in [6.45, 7) is 4.54. The molecule has 1 atom stereocenters. The summed E-state index contributed by atoms with van der Waals surface area (Å²) in [4.78, 5) is 2.19. The SMILES string of the molecule is CC1(O)CCN(CCCl)C1. The largest absolute Gasteiger partial charge is 0.389 e. The van der Waals surface area contributed by atoms with Crippen LogP contribution >= 0.6 is 11.6 Å². The maximum Gasteiger partial charge on any atom is 0.0758 e. The van der Waals surface area contributed by atoms with E-state index in [2.05, 4.69) is 4.90 Å². The van der Waals surface area contributed by atoms with E-state index in [-0.39, 0.29) is 0 Å². The first-order valence-electron chi connectivity index (χ1n) is 3.65. The van der Waals surface area contributed by atoms with E-state index in [4.69, 9.17) is 11.6 Å². The van der Waals surface area contributed by atoms with Gasteiger partial charge in [0.2, 0.25) is 0 Å². The second kappa shape index (κ2) is 3.07. The van der Waals surface area contributed by atoms with Gasteiger partial charge in [-0.05, 0) is 13.3 Å². The molecule has 10 heavy (non-hydrogen) atoms. The summed E-state index contributed by atoms with van der Waals surface area (Å²) in [6, 6.07) is 0. The van der Waals surface area contributed by atoms with Crippen molar-refractivity contribution in [3.8, 4) is 0 Å². The van der Waals surface area contributed by atoms with E-state index in [1.54, 1.807) is 0 Å². The molecule has 1 aliphatic heterocycles. The third kappa shape index (κ3) is 2.11. The van der Waals surface area contributed by atoms with Crippen molar-refractivity contribution >= 4 is 11.6 Å². The zero-order valence-electron chi connectivity index (χ0n) is 6.31. The molecule has 3 heteroatoms. The fraction of sp³-hybridized carbons (Fsp3) is 1.00. The smallest absolute Gasteiger partial charge is 0.0758 e. The van der Waals surface area contributed by atoms with Crippen LogP contribution in [0.5, 0.6) is 0 Å². The van der Waals surface area contributed by atoms with E-state index in [1.165, 1.54) is 0 Å². The maximum atomic E-state index is 9.51. The number of rotatable bonds is 2. The number of aliphatic hydroxyl groups is 1. The first kappa shape index (κ1) is 8.31. The van der Waals surface area contributed by atoms with Gasteiger partial charge in [0.05, 0.1) is 5.60 Å². The quantitative estimate of drug-likeness (QED) is 0.606. The van der Waals surface area contributed by atoms with Crippen LogP contribution < -0.4 is 0 Å². The van der Waals surface area contributed by atoms with Crippen molar-refractivity contribution < 1.29 is 5.11 Å². The molecule has 1 N–H and O–H groups in total. The molecule has 1 fully saturated rings. The molecule has 1 heterocycles. The molecule has 0 saturated carbocycles. The van der Waals surface area contributed by atoms with Crippen molar-refractivity contribution in [1.29, 1.82) is 0 Å². The van der Waals surface area contributed by atoms with Crippen LogP contribution in [0.3, 0.4) is 0 Å². The van der Waals surface area contributed by atoms with Gasteiger partial charge < -0.3 is 5.11 Å². The molecule has 0 spiro atoms. The summed E-state index contributed by atoms with van der Waals surface area (Å²) >= 11 is 5.55. The monoisotopic (exact) mass is 163 g/mol. The average Bonchev–Trinajstić information content (AvgIpc) is 2.12. The average molecular weight is 164 g/mol. The van der Waals surface area contributed by atoms with Crippen LogP contribution in [0.25, 0.3) is 0 Å². The van der Waals surface area contributed by atoms with E-state index in [0.29, 0.717) is 5.88 Å². The highest BCUT2D eigenvalue weighted by Crippen LogP contribution is 2.19. The lowest BCUT2D eigenvalue weighted by molar-refractivity contribution is 0.0696. The summed E-state index contributed by atoms with van der Waals surface area (Å²) in [5.74, 6) is 0.663. The summed E-state index contributed by atoms with van der Waals surface area (Å²) in [5.41, 5.74) is -0.466. The van der Waals surface area contributed by atoms with E-state index >= 15 is 0 Å². The first-order valence-corrected chi connectivity index (χ1v) is 4.18. The standard InChI is InChI=1S/C7H14ClNO/c1-7(10)2-4-9(6-7)5-3-8/h10H,2-6H2,1H3. The lowest BCUT2D eigenvalue weighted by Crippen LogP contribution is -2.30. The summed E-state index contributed by atoms with van der Waals surface area (Å²) in [6.07, 6.45) is 0.879. The Labute approximate surface area is 66.8 Å². The van der Waals surface area contributed by atoms with Crippen molar-refractivity contribution in [1.82, 2.24) is 4.90 Å². The molecule has 0 aromatic carbocycles. The Morgan fingerprint density at radius 3 is 2.80 bits per heavy atom. The second-order valence-electron chi connectivity index (χ2n) is 3.21. The molecule has 1 unspecified atom stereocenters. The molecule has 1 saturated heterocycles. The molecule has 0 radical (unpaired) electrons. The Morgan fingerprint density at radius 1 is 1.70 bits per heavy atom. The van der Waals surface area contributed by atoms with Crippen LogP contribution in [0.15, 0.2) is 0 Å². The van der Waals surface area contributed by atoms with Gasteiger partial charge in [0.1, 0.15) is 0 Å². The highest BCUT2D eigenvalue weighted by atomic mass is 35.5. The Hall–Kier alpha value is 0.210. The fourth-order valence-corrected chi connectivity index (χ4v) is 1.59. The third-order valence-electron chi connectivity index (χ3n) is 1.93. The lowest BCUT2D eigenvalue weighted by Gasteiger charge is -2.17. The van der Waals surface area contributed by atoms with Crippen LogP contribution in [-0.2, 0) is 0 Å². The first-order chi connectivity index (χ1) is 4.64. The number of β-amino-alcohol motifs (C(OH)–C–C–N with tert-alkyl or cyclic N) is 1. The summed E-state index contributed by atoms with van der Waals surface area (Å²) < 4.78 is 0. The van der Waals surface area contributed by atoms with Crippen LogP contribution in [0.1, 0.15) is 13.3 Å². The van der Waals surface area contributed by atoms with Crippen LogP contribution in [-0.4, -0.2) is 41.1 Å². The molecule has 0 bridgehead atoms. The molecule has 0 aromatic heterocycles. The van der Waals surface area contributed by atoms with Gasteiger partial charge >= 0.3 is 0 Å². The Morgan fingerprint density at radius 2 is 2.40 bits per heavy atom. The zero-order valence-corrected chi connectivity index (χ0v) is 7.06. The molecule has 1 aliphatic rings. The van der Waals surface area contributed by atoms with Gasteiger partial charge in [-0.2, -0.15) is 0 Å². The number of halogens is 1. The number of likely N-dealkylation sites (tertiary alicyclic amines) is 1. The second-order valence-corrected chi connectivity index (χ2v) is 3.59. The molecular formula is C7H14ClNO. The topological polar surface area (TPSA) is 23.5 Å². The van der Waals surface area contributed by atoms with Gasteiger partial charge in [-0.25, -0.2) is 0 Å². The predicted molar refractivity (Wildman–Crippen MR) is 42.4 cm³/mol. The minimum Gasteiger partial charge on any atom is -0.389 e. The maximum absolute atomic E-state index is 9.51. The van der Waals surface area contributed by atoms with Crippen LogP contribution in [0.2, 0.25) is 0 Å². The van der Waals surface area contributed by atoms with Gasteiger partial charge in [0.25, 0.3) is 0 Å². The van der Waals surface area contributed by atoms with Crippen LogP contribution in [0.4, 0.5) is 0 Å². The molecule has 0 amide bonds. The van der Waals surface area contributed by atoms with E-state index < -0.39 is 5.60 Å². The van der Waals surface area contributed by atoms with Crippen molar-refractivity contribution in [2.24, 2.45) is 0 Å². The van der Waals surface area contributed by atoms with Gasteiger partial charge in [-0.3, -0.25) is 4.90 Å².